The first-order valence-electron chi connectivity index (χ1n) is 8.70. The van der Waals surface area contributed by atoms with Crippen LogP contribution in [0.3, 0.4) is 0 Å². The third-order valence-electron chi connectivity index (χ3n) is 3.82. The maximum Gasteiger partial charge on any atom is 0.452 e. The Bertz CT molecular complexity index is 832. The molecule has 0 radical (unpaired) electrons. The minimum absolute atomic E-state index is 0.118. The van der Waals surface area contributed by atoms with Crippen molar-refractivity contribution >= 4 is 5.91 Å². The fourth-order valence-electron chi connectivity index (χ4n) is 2.29. The second kappa shape index (κ2) is 9.97. The second-order valence-electron chi connectivity index (χ2n) is 5.97. The lowest BCUT2D eigenvalue weighted by Gasteiger charge is -2.12. The van der Waals surface area contributed by atoms with Crippen molar-refractivity contribution < 1.29 is 32.3 Å². The third-order valence-corrected chi connectivity index (χ3v) is 3.82. The van der Waals surface area contributed by atoms with E-state index in [4.69, 9.17) is 9.57 Å². The number of ether oxygens (including phenoxy) is 2. The highest BCUT2D eigenvalue weighted by molar-refractivity contribution is 5.77. The fourth-order valence-corrected chi connectivity index (χ4v) is 2.29. The van der Waals surface area contributed by atoms with Gasteiger partial charge in [-0.15, -0.1) is 0 Å². The summed E-state index contributed by atoms with van der Waals surface area (Å²) < 4.78 is 49.5. The molecule has 0 atom stereocenters. The molecule has 7 nitrogen and oxygen atoms in total. The van der Waals surface area contributed by atoms with Crippen LogP contribution in [0.4, 0.5) is 13.2 Å². The summed E-state index contributed by atoms with van der Waals surface area (Å²) in [4.78, 5) is 16.7. The van der Waals surface area contributed by atoms with Crippen molar-refractivity contribution in [3.63, 3.8) is 0 Å². The molecule has 10 heteroatoms. The Morgan fingerprint density at radius 2 is 1.93 bits per heavy atom. The van der Waals surface area contributed by atoms with E-state index in [9.17, 15) is 18.0 Å². The summed E-state index contributed by atoms with van der Waals surface area (Å²) in [6.45, 7) is 1.77. The number of carbonyl (C=O) groups excluding carboxylic acids is 1. The highest BCUT2D eigenvalue weighted by Gasteiger charge is 2.36. The topological polar surface area (TPSA) is 65.8 Å². The lowest BCUT2D eigenvalue weighted by Crippen LogP contribution is -2.26. The lowest BCUT2D eigenvalue weighted by molar-refractivity contribution is -0.167. The standard InChI is InChI=1S/C19H22F3N3O4/c1-4-28-17(19(20,21)22)13-29-16-7-5-14(6-8-16)11-25-12-15(10-23-25)9-18(26)24(2)27-3/h5-8,10,12-13H,4,9,11H2,1-3H3/b17-13-. The van der Waals surface area contributed by atoms with Crippen LogP contribution in [0.1, 0.15) is 18.1 Å². The van der Waals surface area contributed by atoms with Gasteiger partial charge < -0.3 is 9.47 Å². The minimum Gasteiger partial charge on any atom is -0.487 e. The molecular formula is C19H22F3N3O4. The molecule has 0 unspecified atom stereocenters. The number of aromatic nitrogens is 2. The Morgan fingerprint density at radius 3 is 2.52 bits per heavy atom. The molecule has 0 saturated carbocycles. The predicted molar refractivity (Wildman–Crippen MR) is 97.6 cm³/mol. The number of amides is 1. The number of rotatable bonds is 9. The van der Waals surface area contributed by atoms with Crippen LogP contribution in [0.2, 0.25) is 0 Å². The van der Waals surface area contributed by atoms with Crippen LogP contribution < -0.4 is 4.74 Å². The van der Waals surface area contributed by atoms with Crippen LogP contribution in [-0.2, 0) is 27.3 Å². The van der Waals surface area contributed by atoms with Crippen LogP contribution in [0.25, 0.3) is 0 Å². The van der Waals surface area contributed by atoms with E-state index in [2.05, 4.69) is 9.84 Å². The zero-order valence-corrected chi connectivity index (χ0v) is 16.3. The van der Waals surface area contributed by atoms with Gasteiger partial charge in [0.25, 0.3) is 0 Å². The second-order valence-corrected chi connectivity index (χ2v) is 5.97. The molecule has 2 rings (SSSR count). The van der Waals surface area contributed by atoms with Gasteiger partial charge in [0.15, 0.2) is 0 Å². The summed E-state index contributed by atoms with van der Waals surface area (Å²) in [6.07, 6.45) is -0.577. The summed E-state index contributed by atoms with van der Waals surface area (Å²) >= 11 is 0. The average Bonchev–Trinajstić information content (AvgIpc) is 3.11. The van der Waals surface area contributed by atoms with E-state index in [0.717, 1.165) is 16.2 Å². The summed E-state index contributed by atoms with van der Waals surface area (Å²) in [6, 6.07) is 6.52. The molecule has 0 aliphatic heterocycles. The molecule has 29 heavy (non-hydrogen) atoms. The first kappa shape index (κ1) is 22.3. The van der Waals surface area contributed by atoms with E-state index >= 15 is 0 Å². The van der Waals surface area contributed by atoms with Crippen molar-refractivity contribution in [2.24, 2.45) is 0 Å². The van der Waals surface area contributed by atoms with Gasteiger partial charge in [0, 0.05) is 13.2 Å². The van der Waals surface area contributed by atoms with Gasteiger partial charge >= 0.3 is 6.18 Å². The molecule has 1 amide bonds. The molecule has 0 N–H and O–H groups in total. The van der Waals surface area contributed by atoms with Crippen LogP contribution in [0, 0.1) is 0 Å². The van der Waals surface area contributed by atoms with Gasteiger partial charge in [-0.1, -0.05) is 12.1 Å². The molecule has 1 aromatic heterocycles. The monoisotopic (exact) mass is 413 g/mol. The van der Waals surface area contributed by atoms with Crippen LogP contribution in [0.5, 0.6) is 5.75 Å². The van der Waals surface area contributed by atoms with Gasteiger partial charge in [0.1, 0.15) is 12.0 Å². The first-order chi connectivity index (χ1) is 13.7. The molecule has 2 aromatic rings. The van der Waals surface area contributed by atoms with E-state index in [-0.39, 0.29) is 24.7 Å². The molecule has 0 fully saturated rings. The summed E-state index contributed by atoms with van der Waals surface area (Å²) in [5.41, 5.74) is 1.59. The quantitative estimate of drug-likeness (QED) is 0.466. The predicted octanol–water partition coefficient (Wildman–Crippen LogP) is 3.31. The number of hydrogen-bond acceptors (Lipinski definition) is 5. The number of likely N-dealkylation sites (N-methyl/N-ethyl adjacent to an activating group) is 1. The van der Waals surface area contributed by atoms with Crippen molar-refractivity contribution in [3.05, 3.63) is 59.8 Å². The number of benzene rings is 1. The van der Waals surface area contributed by atoms with Gasteiger partial charge in [0.2, 0.25) is 11.7 Å². The Hall–Kier alpha value is -3.01. The van der Waals surface area contributed by atoms with Crippen molar-refractivity contribution in [2.75, 3.05) is 20.8 Å². The fraction of sp³-hybridized carbons (Fsp3) is 0.368. The number of carbonyl (C=O) groups is 1. The average molecular weight is 413 g/mol. The van der Waals surface area contributed by atoms with Crippen molar-refractivity contribution in [1.82, 2.24) is 14.8 Å². The van der Waals surface area contributed by atoms with Crippen molar-refractivity contribution in [3.8, 4) is 5.75 Å². The van der Waals surface area contributed by atoms with Gasteiger partial charge in [-0.05, 0) is 30.2 Å². The Balaban J connectivity index is 1.96. The van der Waals surface area contributed by atoms with Gasteiger partial charge in [-0.25, -0.2) is 5.06 Å². The Morgan fingerprint density at radius 1 is 1.24 bits per heavy atom. The van der Waals surface area contributed by atoms with E-state index in [1.165, 1.54) is 21.1 Å². The minimum atomic E-state index is -4.62. The molecular weight excluding hydrogens is 391 g/mol. The van der Waals surface area contributed by atoms with E-state index in [1.54, 1.807) is 41.3 Å². The maximum atomic E-state index is 12.7. The smallest absolute Gasteiger partial charge is 0.452 e. The van der Waals surface area contributed by atoms with Crippen molar-refractivity contribution in [2.45, 2.75) is 26.1 Å². The molecule has 0 bridgehead atoms. The Kier molecular flexibility index (Phi) is 7.66. The first-order valence-corrected chi connectivity index (χ1v) is 8.70. The summed E-state index contributed by atoms with van der Waals surface area (Å²) in [5, 5.41) is 5.34. The number of nitrogens with zero attached hydrogens (tertiary/aromatic N) is 3. The highest BCUT2D eigenvalue weighted by atomic mass is 19.4. The number of hydrogen-bond donors (Lipinski definition) is 0. The maximum absolute atomic E-state index is 12.7. The van der Waals surface area contributed by atoms with Crippen molar-refractivity contribution in [1.29, 1.82) is 0 Å². The molecule has 158 valence electrons. The zero-order chi connectivity index (χ0) is 21.4. The highest BCUT2D eigenvalue weighted by Crippen LogP contribution is 2.27. The van der Waals surface area contributed by atoms with Crippen LogP contribution in [-0.4, -0.2) is 47.7 Å². The molecule has 0 aliphatic rings. The lowest BCUT2D eigenvalue weighted by atomic mass is 10.2. The number of allylic oxidation sites excluding steroid dienone is 1. The van der Waals surface area contributed by atoms with Gasteiger partial charge in [0.05, 0.1) is 32.9 Å². The van der Waals surface area contributed by atoms with Gasteiger partial charge in [-0.2, -0.15) is 18.3 Å². The Labute approximate surface area is 166 Å². The number of alkyl halides is 3. The SMILES string of the molecule is CCO/C(=C\Oc1ccc(Cn2cc(CC(=O)N(C)OC)cn2)cc1)C(F)(F)F. The third kappa shape index (κ3) is 6.83. The summed E-state index contributed by atoms with van der Waals surface area (Å²) in [5.74, 6) is -1.15. The number of hydroxylamine groups is 2. The van der Waals surface area contributed by atoms with E-state index in [1.807, 2.05) is 0 Å². The molecule has 0 spiro atoms. The van der Waals surface area contributed by atoms with Gasteiger partial charge in [-0.3, -0.25) is 14.3 Å². The molecule has 0 saturated heterocycles. The zero-order valence-electron chi connectivity index (χ0n) is 16.3. The summed E-state index contributed by atoms with van der Waals surface area (Å²) in [7, 11) is 2.93. The van der Waals surface area contributed by atoms with Crippen LogP contribution >= 0.6 is 0 Å². The van der Waals surface area contributed by atoms with Crippen LogP contribution in [0.15, 0.2) is 48.7 Å². The number of halogens is 3. The molecule has 1 heterocycles. The van der Waals surface area contributed by atoms with E-state index < -0.39 is 11.9 Å². The van der Waals surface area contributed by atoms with E-state index in [0.29, 0.717) is 12.8 Å². The molecule has 0 aliphatic carbocycles. The largest absolute Gasteiger partial charge is 0.487 e. The molecule has 1 aromatic carbocycles. The normalized spacial score (nSPS) is 12.0.